The number of carbonyl (C=O) groups excluding carboxylic acids is 1. The van der Waals surface area contributed by atoms with Gasteiger partial charge in [0.15, 0.2) is 0 Å². The average Bonchev–Trinajstić information content (AvgIpc) is 2.82. The van der Waals surface area contributed by atoms with E-state index in [1.165, 1.54) is 10.6 Å². The van der Waals surface area contributed by atoms with Gasteiger partial charge in [0, 0.05) is 37.2 Å². The van der Waals surface area contributed by atoms with Crippen LogP contribution < -0.4 is 10.3 Å². The number of aryl methyl sites for hydroxylation is 1. The number of fused-ring (bicyclic) bond motifs is 1. The summed E-state index contributed by atoms with van der Waals surface area (Å²) in [6.45, 7) is 3.16. The molecule has 0 unspecified atom stereocenters. The first-order valence-electron chi connectivity index (χ1n) is 10.5. The molecule has 1 aliphatic rings. The van der Waals surface area contributed by atoms with E-state index in [0.29, 0.717) is 12.6 Å². The van der Waals surface area contributed by atoms with Gasteiger partial charge in [0.1, 0.15) is 5.82 Å². The van der Waals surface area contributed by atoms with Crippen LogP contribution in [-0.2, 0) is 11.2 Å². The van der Waals surface area contributed by atoms with Crippen molar-refractivity contribution in [3.05, 3.63) is 60.4 Å². The Labute approximate surface area is 181 Å². The first kappa shape index (κ1) is 20.6. The quantitative estimate of drug-likeness (QED) is 0.593. The number of hydrogen-bond acceptors (Lipinski definition) is 7. The summed E-state index contributed by atoms with van der Waals surface area (Å²) in [5, 5.41) is 1.25. The molecule has 1 aromatic carbocycles. The molecule has 0 saturated heterocycles. The van der Waals surface area contributed by atoms with Crippen LogP contribution in [0.2, 0.25) is 0 Å². The maximum absolute atomic E-state index is 12.0. The molecule has 2 aromatic heterocycles. The van der Waals surface area contributed by atoms with Crippen molar-refractivity contribution < 1.29 is 9.53 Å². The van der Waals surface area contributed by atoms with Gasteiger partial charge in [-0.25, -0.2) is 14.8 Å². The van der Waals surface area contributed by atoms with E-state index in [2.05, 4.69) is 43.5 Å². The van der Waals surface area contributed by atoms with Crippen molar-refractivity contribution in [3.63, 3.8) is 0 Å². The third-order valence-corrected chi connectivity index (χ3v) is 5.04. The van der Waals surface area contributed by atoms with Gasteiger partial charge in [0.05, 0.1) is 12.3 Å². The van der Waals surface area contributed by atoms with Crippen molar-refractivity contribution >= 4 is 23.5 Å². The fraction of sp³-hybridized carbons (Fsp3) is 0.304. The number of nitrogens with zero attached hydrogens (tertiary/aromatic N) is 5. The van der Waals surface area contributed by atoms with Crippen LogP contribution in [0.1, 0.15) is 25.3 Å². The lowest BCUT2D eigenvalue weighted by atomic mass is 10.0. The summed E-state index contributed by atoms with van der Waals surface area (Å²) in [7, 11) is 1.59. The summed E-state index contributed by atoms with van der Waals surface area (Å²) in [6, 6.07) is 14.1. The molecule has 0 spiro atoms. The number of pyridine rings is 1. The predicted molar refractivity (Wildman–Crippen MR) is 120 cm³/mol. The van der Waals surface area contributed by atoms with Crippen LogP contribution in [0.25, 0.3) is 11.3 Å². The summed E-state index contributed by atoms with van der Waals surface area (Å²) >= 11 is 0. The number of ether oxygens (including phenoxy) is 1. The van der Waals surface area contributed by atoms with Crippen LogP contribution in [0.5, 0.6) is 0 Å². The summed E-state index contributed by atoms with van der Waals surface area (Å²) in [5.74, 6) is 1.09. The monoisotopic (exact) mass is 418 g/mol. The first-order chi connectivity index (χ1) is 15.2. The molecule has 0 saturated carbocycles. The zero-order valence-corrected chi connectivity index (χ0v) is 17.8. The molecule has 0 fully saturated rings. The number of rotatable bonds is 6. The number of nitrogens with one attached hydrogen (secondary N) is 1. The van der Waals surface area contributed by atoms with Crippen LogP contribution in [0.15, 0.2) is 54.9 Å². The van der Waals surface area contributed by atoms with E-state index < -0.39 is 6.09 Å². The summed E-state index contributed by atoms with van der Waals surface area (Å²) in [5.41, 5.74) is 7.19. The SMILES string of the molecule is CCCOC(=O)N(C)Nc1nccc(N2CCCc3cnc(-c4ccccc4)cc32)n1. The lowest BCUT2D eigenvalue weighted by Gasteiger charge is -2.30. The molecule has 31 heavy (non-hydrogen) atoms. The Bertz CT molecular complexity index is 1040. The highest BCUT2D eigenvalue weighted by Gasteiger charge is 2.21. The van der Waals surface area contributed by atoms with Gasteiger partial charge in [-0.2, -0.15) is 4.98 Å². The summed E-state index contributed by atoms with van der Waals surface area (Å²) in [6.07, 6.45) is 5.92. The van der Waals surface area contributed by atoms with E-state index in [1.807, 2.05) is 37.4 Å². The molecular formula is C23H26N6O2. The predicted octanol–water partition coefficient (Wildman–Crippen LogP) is 4.43. The molecule has 1 aliphatic heterocycles. The second kappa shape index (κ2) is 9.42. The molecule has 3 heterocycles. The number of hydrogen-bond donors (Lipinski definition) is 1. The molecule has 3 aromatic rings. The molecule has 8 nitrogen and oxygen atoms in total. The molecule has 0 atom stereocenters. The van der Waals surface area contributed by atoms with Crippen LogP contribution in [-0.4, -0.2) is 46.3 Å². The number of aromatic nitrogens is 3. The first-order valence-corrected chi connectivity index (χ1v) is 10.5. The molecule has 8 heteroatoms. The van der Waals surface area contributed by atoms with Gasteiger partial charge in [0.25, 0.3) is 0 Å². The van der Waals surface area contributed by atoms with Crippen LogP contribution >= 0.6 is 0 Å². The molecule has 160 valence electrons. The van der Waals surface area contributed by atoms with Gasteiger partial charge in [-0.15, -0.1) is 0 Å². The number of hydrazine groups is 1. The van der Waals surface area contributed by atoms with E-state index in [0.717, 1.165) is 48.6 Å². The topological polar surface area (TPSA) is 83.5 Å². The van der Waals surface area contributed by atoms with E-state index in [9.17, 15) is 4.79 Å². The number of benzene rings is 1. The van der Waals surface area contributed by atoms with Crippen LogP contribution in [0, 0.1) is 0 Å². The molecular weight excluding hydrogens is 392 g/mol. The van der Waals surface area contributed by atoms with E-state index in [1.54, 1.807) is 13.2 Å². The highest BCUT2D eigenvalue weighted by Crippen LogP contribution is 2.34. The highest BCUT2D eigenvalue weighted by atomic mass is 16.6. The maximum atomic E-state index is 12.0. The van der Waals surface area contributed by atoms with Gasteiger partial charge < -0.3 is 9.64 Å². The second-order valence-electron chi connectivity index (χ2n) is 7.34. The smallest absolute Gasteiger partial charge is 0.428 e. The van der Waals surface area contributed by atoms with Crippen molar-refractivity contribution in [3.8, 4) is 11.3 Å². The third-order valence-electron chi connectivity index (χ3n) is 5.04. The summed E-state index contributed by atoms with van der Waals surface area (Å²) in [4.78, 5) is 27.7. The fourth-order valence-corrected chi connectivity index (χ4v) is 3.50. The van der Waals surface area contributed by atoms with Gasteiger partial charge in [0.2, 0.25) is 5.95 Å². The lowest BCUT2D eigenvalue weighted by Crippen LogP contribution is -2.34. The van der Waals surface area contributed by atoms with E-state index in [-0.39, 0.29) is 0 Å². The third kappa shape index (κ3) is 4.74. The second-order valence-corrected chi connectivity index (χ2v) is 7.34. The van der Waals surface area contributed by atoms with Gasteiger partial charge in [-0.05, 0) is 37.0 Å². The molecule has 0 bridgehead atoms. The lowest BCUT2D eigenvalue weighted by molar-refractivity contribution is 0.118. The Kier molecular flexibility index (Phi) is 6.26. The average molecular weight is 419 g/mol. The maximum Gasteiger partial charge on any atom is 0.428 e. The minimum Gasteiger partial charge on any atom is -0.448 e. The minimum atomic E-state index is -0.474. The van der Waals surface area contributed by atoms with E-state index in [4.69, 9.17) is 4.74 Å². The minimum absolute atomic E-state index is 0.331. The zero-order valence-electron chi connectivity index (χ0n) is 17.8. The largest absolute Gasteiger partial charge is 0.448 e. The Morgan fingerprint density at radius 2 is 2.06 bits per heavy atom. The molecule has 0 aliphatic carbocycles. The van der Waals surface area contributed by atoms with Gasteiger partial charge in [-0.3, -0.25) is 10.4 Å². The summed E-state index contributed by atoms with van der Waals surface area (Å²) < 4.78 is 5.13. The Hall–Kier alpha value is -3.68. The molecule has 1 N–H and O–H groups in total. The van der Waals surface area contributed by atoms with Crippen LogP contribution in [0.4, 0.5) is 22.2 Å². The molecule has 0 radical (unpaired) electrons. The van der Waals surface area contributed by atoms with E-state index >= 15 is 0 Å². The standard InChI is InChI=1S/C23H26N6O2/c1-3-14-31-23(30)28(2)27-22-24-12-11-21(26-22)29-13-7-10-18-16-25-19(15-20(18)29)17-8-5-4-6-9-17/h4-6,8-9,11-12,15-16H,3,7,10,13-14H2,1-2H3,(H,24,26,27). The van der Waals surface area contributed by atoms with Crippen LogP contribution in [0.3, 0.4) is 0 Å². The Morgan fingerprint density at radius 3 is 2.87 bits per heavy atom. The number of carbonyl (C=O) groups is 1. The Balaban J connectivity index is 1.58. The van der Waals surface area contributed by atoms with Crippen molar-refractivity contribution in [2.45, 2.75) is 26.2 Å². The van der Waals surface area contributed by atoms with Crippen molar-refractivity contribution in [1.82, 2.24) is 20.0 Å². The number of anilines is 3. The fourth-order valence-electron chi connectivity index (χ4n) is 3.50. The normalized spacial score (nSPS) is 12.8. The number of amides is 1. The van der Waals surface area contributed by atoms with Crippen molar-refractivity contribution in [1.29, 1.82) is 0 Å². The van der Waals surface area contributed by atoms with Crippen molar-refractivity contribution in [2.24, 2.45) is 0 Å². The highest BCUT2D eigenvalue weighted by molar-refractivity contribution is 5.72. The van der Waals surface area contributed by atoms with Gasteiger partial charge in [-0.1, -0.05) is 37.3 Å². The molecule has 1 amide bonds. The molecule has 4 rings (SSSR count). The van der Waals surface area contributed by atoms with Gasteiger partial charge >= 0.3 is 6.09 Å². The Morgan fingerprint density at radius 1 is 1.23 bits per heavy atom. The zero-order chi connectivity index (χ0) is 21.6. The van der Waals surface area contributed by atoms with Crippen molar-refractivity contribution in [2.75, 3.05) is 30.5 Å².